The number of benzene rings is 1. The molecule has 172 valence electrons. The van der Waals surface area contributed by atoms with Gasteiger partial charge in [0, 0.05) is 54.1 Å². The molecule has 0 aliphatic carbocycles. The van der Waals surface area contributed by atoms with E-state index in [1.165, 1.54) is 11.7 Å². The van der Waals surface area contributed by atoms with Gasteiger partial charge in [0.1, 0.15) is 16.9 Å². The fourth-order valence-corrected chi connectivity index (χ4v) is 4.01. The molecule has 33 heavy (non-hydrogen) atoms. The number of carbonyl (C=O) groups is 1. The SMILES string of the molecule is Cc1[nH]c(-c2cnc(Nc3ccc4nsnc4c3)cc2NC(C)C)cc1C(=O)NCCCO. The number of fused-ring (bicyclic) bond motifs is 1. The molecular formula is C23H27N7O2S. The van der Waals surface area contributed by atoms with Gasteiger partial charge in [-0.3, -0.25) is 4.79 Å². The quantitative estimate of drug-likeness (QED) is 0.236. The predicted molar refractivity (Wildman–Crippen MR) is 132 cm³/mol. The number of hydrogen-bond acceptors (Lipinski definition) is 8. The van der Waals surface area contributed by atoms with Crippen molar-refractivity contribution in [2.45, 2.75) is 33.2 Å². The van der Waals surface area contributed by atoms with E-state index in [1.807, 2.05) is 37.3 Å². The van der Waals surface area contributed by atoms with E-state index in [0.717, 1.165) is 39.4 Å². The average molecular weight is 466 g/mol. The van der Waals surface area contributed by atoms with Gasteiger partial charge in [-0.05, 0) is 51.5 Å². The minimum atomic E-state index is -0.167. The van der Waals surface area contributed by atoms with Crippen LogP contribution in [0.2, 0.25) is 0 Å². The molecule has 0 aliphatic heterocycles. The van der Waals surface area contributed by atoms with E-state index in [4.69, 9.17) is 5.11 Å². The number of aromatic amines is 1. The summed E-state index contributed by atoms with van der Waals surface area (Å²) in [5.74, 6) is 0.523. The van der Waals surface area contributed by atoms with E-state index < -0.39 is 0 Å². The molecule has 3 heterocycles. The zero-order valence-electron chi connectivity index (χ0n) is 18.8. The van der Waals surface area contributed by atoms with Crippen LogP contribution in [0.15, 0.2) is 36.5 Å². The van der Waals surface area contributed by atoms with Gasteiger partial charge in [0.15, 0.2) is 0 Å². The predicted octanol–water partition coefficient (Wildman–Crippen LogP) is 4.07. The number of aliphatic hydroxyl groups excluding tert-OH is 1. The van der Waals surface area contributed by atoms with Crippen LogP contribution in [-0.4, -0.2) is 48.9 Å². The van der Waals surface area contributed by atoms with Crippen LogP contribution in [0, 0.1) is 6.92 Å². The third-order valence-corrected chi connectivity index (χ3v) is 5.60. The van der Waals surface area contributed by atoms with Crippen molar-refractivity contribution in [3.63, 3.8) is 0 Å². The van der Waals surface area contributed by atoms with Gasteiger partial charge in [0.2, 0.25) is 0 Å². The van der Waals surface area contributed by atoms with Crippen LogP contribution in [0.25, 0.3) is 22.3 Å². The lowest BCUT2D eigenvalue weighted by Crippen LogP contribution is -2.25. The first-order valence-corrected chi connectivity index (χ1v) is 11.5. The van der Waals surface area contributed by atoms with Crippen molar-refractivity contribution in [1.82, 2.24) is 24.0 Å². The van der Waals surface area contributed by atoms with Gasteiger partial charge in [0.25, 0.3) is 5.91 Å². The lowest BCUT2D eigenvalue weighted by Gasteiger charge is -2.16. The van der Waals surface area contributed by atoms with Crippen molar-refractivity contribution in [3.8, 4) is 11.3 Å². The normalized spacial score (nSPS) is 11.2. The first-order chi connectivity index (χ1) is 15.9. The van der Waals surface area contributed by atoms with Crippen molar-refractivity contribution >= 4 is 45.9 Å². The number of nitrogens with one attached hydrogen (secondary N) is 4. The Morgan fingerprint density at radius 3 is 2.79 bits per heavy atom. The van der Waals surface area contributed by atoms with E-state index in [2.05, 4.69) is 48.5 Å². The van der Waals surface area contributed by atoms with Gasteiger partial charge in [-0.15, -0.1) is 0 Å². The number of rotatable bonds is 9. The zero-order valence-corrected chi connectivity index (χ0v) is 19.6. The lowest BCUT2D eigenvalue weighted by atomic mass is 10.1. The number of H-pyrrole nitrogens is 1. The molecule has 0 bridgehead atoms. The van der Waals surface area contributed by atoms with Crippen molar-refractivity contribution in [2.75, 3.05) is 23.8 Å². The maximum atomic E-state index is 12.5. The Kier molecular flexibility index (Phi) is 6.85. The molecule has 5 N–H and O–H groups in total. The Morgan fingerprint density at radius 1 is 1.18 bits per heavy atom. The molecular weight excluding hydrogens is 438 g/mol. The zero-order chi connectivity index (χ0) is 23.4. The highest BCUT2D eigenvalue weighted by molar-refractivity contribution is 7.00. The fraction of sp³-hybridized carbons (Fsp3) is 0.304. The summed E-state index contributed by atoms with van der Waals surface area (Å²) in [6.45, 7) is 6.48. The third-order valence-electron chi connectivity index (χ3n) is 5.04. The second-order valence-corrected chi connectivity index (χ2v) is 8.59. The first-order valence-electron chi connectivity index (χ1n) is 10.8. The molecule has 3 aromatic heterocycles. The monoisotopic (exact) mass is 465 g/mol. The van der Waals surface area contributed by atoms with Gasteiger partial charge in [-0.25, -0.2) is 4.98 Å². The molecule has 0 saturated heterocycles. The van der Waals surface area contributed by atoms with E-state index in [0.29, 0.717) is 24.3 Å². The molecule has 0 fully saturated rings. The molecule has 0 atom stereocenters. The number of aliphatic hydroxyl groups is 1. The summed E-state index contributed by atoms with van der Waals surface area (Å²) in [5, 5.41) is 18.6. The number of carbonyl (C=O) groups excluding carboxylic acids is 1. The topological polar surface area (TPSA) is 128 Å². The van der Waals surface area contributed by atoms with E-state index >= 15 is 0 Å². The second kappa shape index (κ2) is 9.97. The molecule has 1 aromatic carbocycles. The Balaban J connectivity index is 1.61. The van der Waals surface area contributed by atoms with Crippen LogP contribution in [0.1, 0.15) is 36.3 Å². The Labute approximate surface area is 196 Å². The minimum absolute atomic E-state index is 0.0441. The highest BCUT2D eigenvalue weighted by atomic mass is 32.1. The number of pyridine rings is 1. The van der Waals surface area contributed by atoms with Crippen molar-refractivity contribution in [1.29, 1.82) is 0 Å². The molecule has 9 nitrogen and oxygen atoms in total. The largest absolute Gasteiger partial charge is 0.396 e. The Hall–Kier alpha value is -3.50. The van der Waals surface area contributed by atoms with E-state index in [9.17, 15) is 4.79 Å². The van der Waals surface area contributed by atoms with Gasteiger partial charge < -0.3 is 26.0 Å². The number of nitrogens with zero attached hydrogens (tertiary/aromatic N) is 3. The van der Waals surface area contributed by atoms with Gasteiger partial charge >= 0.3 is 0 Å². The Bertz CT molecular complexity index is 1260. The number of aryl methyl sites for hydroxylation is 1. The molecule has 4 aromatic rings. The Morgan fingerprint density at radius 2 is 2.00 bits per heavy atom. The van der Waals surface area contributed by atoms with E-state index in [1.54, 1.807) is 6.20 Å². The summed E-state index contributed by atoms with van der Waals surface area (Å²) in [5.41, 5.74) is 6.50. The van der Waals surface area contributed by atoms with Gasteiger partial charge in [0.05, 0.1) is 23.0 Å². The van der Waals surface area contributed by atoms with Crippen molar-refractivity contribution < 1.29 is 9.90 Å². The van der Waals surface area contributed by atoms with Crippen LogP contribution in [0.4, 0.5) is 17.2 Å². The van der Waals surface area contributed by atoms with Crippen LogP contribution < -0.4 is 16.0 Å². The molecule has 0 aliphatic rings. The summed E-state index contributed by atoms with van der Waals surface area (Å²) >= 11 is 1.19. The number of aromatic nitrogens is 4. The molecule has 4 rings (SSSR count). The smallest absolute Gasteiger partial charge is 0.253 e. The minimum Gasteiger partial charge on any atom is -0.396 e. The summed E-state index contributed by atoms with van der Waals surface area (Å²) < 4.78 is 8.52. The highest BCUT2D eigenvalue weighted by Crippen LogP contribution is 2.32. The first kappa shape index (κ1) is 22.7. The fourth-order valence-electron chi connectivity index (χ4n) is 3.49. The molecule has 10 heteroatoms. The number of amides is 1. The lowest BCUT2D eigenvalue weighted by molar-refractivity contribution is 0.0950. The molecule has 0 saturated carbocycles. The van der Waals surface area contributed by atoms with Gasteiger partial charge in [-0.2, -0.15) is 8.75 Å². The summed E-state index contributed by atoms with van der Waals surface area (Å²) in [4.78, 5) is 20.4. The van der Waals surface area contributed by atoms with Crippen LogP contribution in [0.5, 0.6) is 0 Å². The van der Waals surface area contributed by atoms with Crippen LogP contribution in [0.3, 0.4) is 0 Å². The average Bonchev–Trinajstić information content (AvgIpc) is 3.39. The highest BCUT2D eigenvalue weighted by Gasteiger charge is 2.17. The summed E-state index contributed by atoms with van der Waals surface area (Å²) in [6.07, 6.45) is 2.31. The third kappa shape index (κ3) is 5.29. The number of anilines is 3. The van der Waals surface area contributed by atoms with Gasteiger partial charge in [-0.1, -0.05) is 0 Å². The summed E-state index contributed by atoms with van der Waals surface area (Å²) in [7, 11) is 0. The van der Waals surface area contributed by atoms with E-state index in [-0.39, 0.29) is 18.6 Å². The maximum absolute atomic E-state index is 12.5. The van der Waals surface area contributed by atoms with Crippen LogP contribution in [-0.2, 0) is 0 Å². The summed E-state index contributed by atoms with van der Waals surface area (Å²) in [6, 6.07) is 9.81. The molecule has 0 radical (unpaired) electrons. The second-order valence-electron chi connectivity index (χ2n) is 8.06. The maximum Gasteiger partial charge on any atom is 0.253 e. The molecule has 1 amide bonds. The molecule has 0 spiro atoms. The molecule has 0 unspecified atom stereocenters. The number of hydrogen-bond donors (Lipinski definition) is 5. The van der Waals surface area contributed by atoms with Crippen molar-refractivity contribution in [3.05, 3.63) is 47.8 Å². The van der Waals surface area contributed by atoms with Crippen molar-refractivity contribution in [2.24, 2.45) is 0 Å². The van der Waals surface area contributed by atoms with Crippen LogP contribution >= 0.6 is 11.7 Å². The standard InChI is InChI=1S/C23H27N7O2S/c1-13(2)26-20-11-22(28-15-5-6-18-21(9-15)30-33-29-18)25-12-17(20)19-10-16(14(3)27-19)23(32)24-7-4-8-31/h5-6,9-13,27,31H,4,7-8H2,1-3H3,(H,24,32)(H2,25,26,28).